The topological polar surface area (TPSA) is 60.9 Å². The highest BCUT2D eigenvalue weighted by Gasteiger charge is 2.30. The van der Waals surface area contributed by atoms with Crippen LogP contribution in [0.25, 0.3) is 0 Å². The zero-order valence-corrected chi connectivity index (χ0v) is 12.1. The highest BCUT2D eigenvalue weighted by atomic mass is 32.2. The van der Waals surface area contributed by atoms with Crippen molar-refractivity contribution in [2.45, 2.75) is 26.4 Å². The van der Waals surface area contributed by atoms with E-state index in [0.29, 0.717) is 13.0 Å². The third-order valence-corrected chi connectivity index (χ3v) is 4.35. The van der Waals surface area contributed by atoms with Gasteiger partial charge >= 0.3 is 0 Å². The van der Waals surface area contributed by atoms with E-state index in [1.807, 2.05) is 12.1 Å². The van der Waals surface area contributed by atoms with Gasteiger partial charge in [-0.15, -0.1) is 0 Å². The van der Waals surface area contributed by atoms with Crippen LogP contribution in [0.4, 0.5) is 11.4 Å². The van der Waals surface area contributed by atoms with Crippen LogP contribution < -0.4 is 9.80 Å². The number of hydrogen-bond donors (Lipinski definition) is 1. The summed E-state index contributed by atoms with van der Waals surface area (Å²) >= 11 is 0. The van der Waals surface area contributed by atoms with Crippen LogP contribution >= 0.6 is 0 Å². The molecular formula is C13H20N2O3S. The zero-order chi connectivity index (χ0) is 14.0. The molecule has 0 bridgehead atoms. The summed E-state index contributed by atoms with van der Waals surface area (Å²) in [6.07, 6.45) is 0.638. The summed E-state index contributed by atoms with van der Waals surface area (Å²) in [6.45, 7) is 5.74. The maximum absolute atomic E-state index is 10.8. The van der Waals surface area contributed by atoms with Crippen molar-refractivity contribution in [2.24, 2.45) is 0 Å². The molecule has 1 atom stereocenters. The monoisotopic (exact) mass is 284 g/mol. The smallest absolute Gasteiger partial charge is 0.264 e. The molecule has 0 aromatic heterocycles. The van der Waals surface area contributed by atoms with Gasteiger partial charge in [0.05, 0.1) is 23.3 Å². The van der Waals surface area contributed by atoms with E-state index in [2.05, 4.69) is 35.8 Å². The summed E-state index contributed by atoms with van der Waals surface area (Å²) in [4.78, 5) is 4.47. The largest absolute Gasteiger partial charge is 0.350 e. The normalized spacial score (nSPS) is 18.8. The fourth-order valence-electron chi connectivity index (χ4n) is 2.68. The number of anilines is 2. The maximum Gasteiger partial charge on any atom is 0.264 e. The Labute approximate surface area is 114 Å². The summed E-state index contributed by atoms with van der Waals surface area (Å²) in [5.41, 5.74) is 2.32. The molecule has 5 nitrogen and oxygen atoms in total. The first-order chi connectivity index (χ1) is 8.94. The molecule has 106 valence electrons. The minimum Gasteiger partial charge on any atom is -0.350 e. The minimum absolute atomic E-state index is 0.190. The van der Waals surface area contributed by atoms with Crippen LogP contribution in [0.5, 0.6) is 0 Å². The van der Waals surface area contributed by atoms with Crippen molar-refractivity contribution in [1.29, 1.82) is 0 Å². The molecule has 1 heterocycles. The second-order valence-corrected chi connectivity index (χ2v) is 6.31. The van der Waals surface area contributed by atoms with Gasteiger partial charge in [0.1, 0.15) is 0 Å². The molecule has 1 aromatic carbocycles. The van der Waals surface area contributed by atoms with Crippen LogP contribution in [0.15, 0.2) is 24.3 Å². The van der Waals surface area contributed by atoms with Gasteiger partial charge < -0.3 is 9.80 Å². The number of para-hydroxylation sites is 2. The molecule has 1 aromatic rings. The van der Waals surface area contributed by atoms with Crippen LogP contribution in [-0.4, -0.2) is 38.0 Å². The Morgan fingerprint density at radius 3 is 2.32 bits per heavy atom. The van der Waals surface area contributed by atoms with Crippen molar-refractivity contribution in [1.82, 2.24) is 0 Å². The average Bonchev–Trinajstić information content (AvgIpc) is 2.61. The van der Waals surface area contributed by atoms with E-state index in [4.69, 9.17) is 4.55 Å². The van der Waals surface area contributed by atoms with Crippen LogP contribution in [0, 0.1) is 0 Å². The van der Waals surface area contributed by atoms with Gasteiger partial charge in [-0.3, -0.25) is 4.55 Å². The van der Waals surface area contributed by atoms with Crippen LogP contribution in [0.1, 0.15) is 20.3 Å². The Kier molecular flexibility index (Phi) is 4.01. The Hall–Kier alpha value is -1.27. The van der Waals surface area contributed by atoms with Gasteiger partial charge in [0.25, 0.3) is 10.1 Å². The van der Waals surface area contributed by atoms with Crippen molar-refractivity contribution in [3.63, 3.8) is 0 Å². The van der Waals surface area contributed by atoms with E-state index >= 15 is 0 Å². The maximum atomic E-state index is 10.8. The van der Waals surface area contributed by atoms with Crippen molar-refractivity contribution in [3.8, 4) is 0 Å². The van der Waals surface area contributed by atoms with Gasteiger partial charge in [-0.25, -0.2) is 0 Å². The summed E-state index contributed by atoms with van der Waals surface area (Å²) in [7, 11) is -3.87. The Bertz CT molecular complexity index is 545. The van der Waals surface area contributed by atoms with E-state index in [9.17, 15) is 8.42 Å². The van der Waals surface area contributed by atoms with Gasteiger partial charge in [-0.1, -0.05) is 12.1 Å². The molecule has 0 saturated heterocycles. The fourth-order valence-corrected chi connectivity index (χ4v) is 3.17. The Morgan fingerprint density at radius 1 is 1.21 bits per heavy atom. The lowest BCUT2D eigenvalue weighted by molar-refractivity contribution is 0.480. The van der Waals surface area contributed by atoms with Gasteiger partial charge in [0.15, 0.2) is 0 Å². The number of benzene rings is 1. The summed E-state index contributed by atoms with van der Waals surface area (Å²) < 4.78 is 30.4. The molecule has 2 rings (SSSR count). The second kappa shape index (κ2) is 5.38. The molecule has 0 spiro atoms. The van der Waals surface area contributed by atoms with E-state index in [1.54, 1.807) is 0 Å². The van der Waals surface area contributed by atoms with Crippen molar-refractivity contribution in [2.75, 3.05) is 28.6 Å². The Morgan fingerprint density at radius 2 is 1.79 bits per heavy atom. The van der Waals surface area contributed by atoms with Gasteiger partial charge in [-0.2, -0.15) is 8.42 Å². The van der Waals surface area contributed by atoms with E-state index < -0.39 is 10.1 Å². The molecular weight excluding hydrogens is 264 g/mol. The van der Waals surface area contributed by atoms with Crippen LogP contribution in [0.3, 0.4) is 0 Å². The van der Waals surface area contributed by atoms with Crippen LogP contribution in [0.2, 0.25) is 0 Å². The first-order valence-corrected chi connectivity index (χ1v) is 8.12. The fraction of sp³-hybridized carbons (Fsp3) is 0.538. The summed E-state index contributed by atoms with van der Waals surface area (Å²) in [6, 6.07) is 8.13. The van der Waals surface area contributed by atoms with Crippen LogP contribution in [-0.2, 0) is 10.1 Å². The molecule has 1 aliphatic rings. The first kappa shape index (κ1) is 14.1. The summed E-state index contributed by atoms with van der Waals surface area (Å²) in [5.74, 6) is -0.190. The lowest BCUT2D eigenvalue weighted by Crippen LogP contribution is -2.41. The molecule has 0 fully saturated rings. The number of nitrogens with zero attached hydrogens (tertiary/aromatic N) is 2. The molecule has 1 N–H and O–H groups in total. The highest BCUT2D eigenvalue weighted by Crippen LogP contribution is 2.38. The zero-order valence-electron chi connectivity index (χ0n) is 11.3. The minimum atomic E-state index is -3.87. The Balaban J connectivity index is 2.13. The molecule has 6 heteroatoms. The van der Waals surface area contributed by atoms with Crippen molar-refractivity contribution >= 4 is 21.5 Å². The average molecular weight is 284 g/mol. The number of hydrogen-bond acceptors (Lipinski definition) is 4. The lowest BCUT2D eigenvalue weighted by Gasteiger charge is -2.29. The third kappa shape index (κ3) is 3.01. The molecule has 0 radical (unpaired) electrons. The van der Waals surface area contributed by atoms with Gasteiger partial charge in [-0.05, 0) is 32.4 Å². The van der Waals surface area contributed by atoms with Gasteiger partial charge in [0.2, 0.25) is 0 Å². The molecule has 1 unspecified atom stereocenters. The SMILES string of the molecule is CCN1c2ccccc2N(CCCS(=O)(=O)O)C1C. The van der Waals surface area contributed by atoms with E-state index in [-0.39, 0.29) is 11.9 Å². The molecule has 0 saturated carbocycles. The standard InChI is InChI=1S/C13H20N2O3S/c1-3-14-11(2)15(9-6-10-19(16,17)18)13-8-5-4-7-12(13)14/h4-5,7-8,11H,3,6,9-10H2,1-2H3,(H,16,17,18). The number of fused-ring (bicyclic) bond motifs is 1. The first-order valence-electron chi connectivity index (χ1n) is 6.51. The molecule has 1 aliphatic heterocycles. The third-order valence-electron chi connectivity index (χ3n) is 3.54. The quantitative estimate of drug-likeness (QED) is 0.838. The molecule has 0 aliphatic carbocycles. The predicted molar refractivity (Wildman–Crippen MR) is 77.3 cm³/mol. The predicted octanol–water partition coefficient (Wildman–Crippen LogP) is 1.96. The highest BCUT2D eigenvalue weighted by molar-refractivity contribution is 7.85. The molecule has 19 heavy (non-hydrogen) atoms. The van der Waals surface area contributed by atoms with E-state index in [0.717, 1.165) is 12.2 Å². The van der Waals surface area contributed by atoms with Crippen molar-refractivity contribution in [3.05, 3.63) is 24.3 Å². The number of rotatable bonds is 5. The molecule has 0 amide bonds. The van der Waals surface area contributed by atoms with Crippen molar-refractivity contribution < 1.29 is 13.0 Å². The van der Waals surface area contributed by atoms with Gasteiger partial charge in [0, 0.05) is 13.1 Å². The lowest BCUT2D eigenvalue weighted by atomic mass is 10.2. The summed E-state index contributed by atoms with van der Waals surface area (Å²) in [5, 5.41) is 0. The van der Waals surface area contributed by atoms with E-state index in [1.165, 1.54) is 5.69 Å². The second-order valence-electron chi connectivity index (χ2n) is 4.74.